The highest BCUT2D eigenvalue weighted by Crippen LogP contribution is 2.32. The molecule has 214 valence electrons. The van der Waals surface area contributed by atoms with E-state index in [1.807, 2.05) is 6.92 Å². The van der Waals surface area contributed by atoms with Crippen molar-refractivity contribution in [2.24, 2.45) is 11.8 Å². The molecule has 2 atom stereocenters. The summed E-state index contributed by atoms with van der Waals surface area (Å²) in [5, 5.41) is 16.3. The largest absolute Gasteiger partial charge is 0.451 e. The Bertz CT molecular complexity index is 1180. The molecule has 0 unspecified atom stereocenters. The number of hydroxylamine groups is 1. The van der Waals surface area contributed by atoms with Gasteiger partial charge in [0, 0.05) is 17.0 Å². The van der Waals surface area contributed by atoms with Crippen molar-refractivity contribution < 1.29 is 43.2 Å². The third-order valence-electron chi connectivity index (χ3n) is 6.05. The van der Waals surface area contributed by atoms with Crippen LogP contribution in [-0.4, -0.2) is 51.6 Å². The Hall–Kier alpha value is -3.51. The van der Waals surface area contributed by atoms with Crippen molar-refractivity contribution in [2.75, 3.05) is 13.0 Å². The van der Waals surface area contributed by atoms with E-state index in [0.717, 1.165) is 19.3 Å². The molecule has 14 heteroatoms. The van der Waals surface area contributed by atoms with Crippen LogP contribution in [0.2, 0.25) is 0 Å². The lowest BCUT2D eigenvalue weighted by Gasteiger charge is -2.24. The number of amides is 4. The Labute approximate surface area is 225 Å². The van der Waals surface area contributed by atoms with E-state index in [0.29, 0.717) is 24.2 Å². The number of carbonyl (C=O) groups is 4. The fourth-order valence-corrected chi connectivity index (χ4v) is 4.32. The van der Waals surface area contributed by atoms with Crippen molar-refractivity contribution in [1.82, 2.24) is 21.4 Å². The lowest BCUT2D eigenvalue weighted by Crippen LogP contribution is -2.44. The fraction of sp³-hybridized carbons (Fsp3) is 0.440. The molecule has 2 rings (SSSR count). The molecule has 4 amide bonds. The number of furan rings is 1. The van der Waals surface area contributed by atoms with Gasteiger partial charge >= 0.3 is 7.60 Å². The minimum Gasteiger partial charge on any atom is -0.451 e. The van der Waals surface area contributed by atoms with Gasteiger partial charge in [-0.15, -0.1) is 0 Å². The zero-order chi connectivity index (χ0) is 29.0. The van der Waals surface area contributed by atoms with Gasteiger partial charge in [-0.05, 0) is 37.1 Å². The summed E-state index contributed by atoms with van der Waals surface area (Å²) in [6.45, 7) is 3.58. The minimum atomic E-state index is -4.37. The molecule has 0 radical (unpaired) electrons. The van der Waals surface area contributed by atoms with Crippen LogP contribution in [0.1, 0.15) is 66.9 Å². The molecule has 1 aromatic heterocycles. The molecule has 39 heavy (non-hydrogen) atoms. The number of hydrogen-bond donors (Lipinski definition) is 7. The maximum Gasteiger partial charge on any atom is 0.344 e. The predicted molar refractivity (Wildman–Crippen MR) is 140 cm³/mol. The first-order chi connectivity index (χ1) is 18.5. The molecule has 0 saturated heterocycles. The van der Waals surface area contributed by atoms with Gasteiger partial charge in [0.15, 0.2) is 5.76 Å². The zero-order valence-corrected chi connectivity index (χ0v) is 22.7. The molecule has 0 spiro atoms. The van der Waals surface area contributed by atoms with E-state index in [9.17, 15) is 23.7 Å². The average molecular weight is 567 g/mol. The lowest BCUT2D eigenvalue weighted by molar-refractivity contribution is -0.140. The zero-order valence-electron chi connectivity index (χ0n) is 21.8. The van der Waals surface area contributed by atoms with Crippen LogP contribution in [-0.2, 0) is 14.2 Å². The molecule has 1 aromatic carbocycles. The summed E-state index contributed by atoms with van der Waals surface area (Å²) in [6.07, 6.45) is 2.62. The minimum absolute atomic E-state index is 0.0201. The average Bonchev–Trinajstić information content (AvgIpc) is 3.41. The summed E-state index contributed by atoms with van der Waals surface area (Å²) in [6, 6.07) is 9.00. The smallest absolute Gasteiger partial charge is 0.344 e. The monoisotopic (exact) mass is 566 g/mol. The molecule has 13 nitrogen and oxygen atoms in total. The Balaban J connectivity index is 1.95. The predicted octanol–water partition coefficient (Wildman–Crippen LogP) is 2.34. The number of hydrogen-bond acceptors (Lipinski definition) is 7. The van der Waals surface area contributed by atoms with Crippen molar-refractivity contribution in [3.05, 3.63) is 47.7 Å². The highest BCUT2D eigenvalue weighted by atomic mass is 31.2. The van der Waals surface area contributed by atoms with E-state index in [1.165, 1.54) is 18.2 Å². The van der Waals surface area contributed by atoms with E-state index in [4.69, 9.17) is 19.4 Å². The molecule has 2 aromatic rings. The molecule has 0 aliphatic rings. The van der Waals surface area contributed by atoms with Crippen molar-refractivity contribution >= 4 is 31.2 Å². The van der Waals surface area contributed by atoms with Crippen LogP contribution in [0.4, 0.5) is 0 Å². The van der Waals surface area contributed by atoms with E-state index < -0.39 is 49.3 Å². The first-order valence-electron chi connectivity index (χ1n) is 12.5. The molecular formula is C25H35N4O9P. The van der Waals surface area contributed by atoms with E-state index in [-0.39, 0.29) is 18.0 Å². The topological polar surface area (TPSA) is 207 Å². The summed E-state index contributed by atoms with van der Waals surface area (Å²) >= 11 is 0. The molecule has 1 heterocycles. The SMILES string of the molecule is CCCCC[C@@H](C(=O)NCNC(=O)c1ccc(-c2ccc(C(=O)NCP(=O)(O)O)cc2)o1)[C@@H](CC)C(=O)NO. The fourth-order valence-electron chi connectivity index (χ4n) is 3.97. The third kappa shape index (κ3) is 9.95. The summed E-state index contributed by atoms with van der Waals surface area (Å²) in [5.41, 5.74) is 2.36. The Morgan fingerprint density at radius 1 is 0.872 bits per heavy atom. The van der Waals surface area contributed by atoms with Gasteiger partial charge in [-0.25, -0.2) is 5.48 Å². The Morgan fingerprint density at radius 3 is 2.15 bits per heavy atom. The van der Waals surface area contributed by atoms with Gasteiger partial charge < -0.3 is 30.2 Å². The van der Waals surface area contributed by atoms with Crippen molar-refractivity contribution in [2.45, 2.75) is 46.0 Å². The number of nitrogens with one attached hydrogen (secondary N) is 4. The van der Waals surface area contributed by atoms with Gasteiger partial charge in [-0.2, -0.15) is 0 Å². The Kier molecular flexibility index (Phi) is 12.3. The van der Waals surface area contributed by atoms with Gasteiger partial charge in [-0.3, -0.25) is 29.0 Å². The molecular weight excluding hydrogens is 531 g/mol. The van der Waals surface area contributed by atoms with Crippen LogP contribution in [0.3, 0.4) is 0 Å². The number of unbranched alkanes of at least 4 members (excludes halogenated alkanes) is 2. The van der Waals surface area contributed by atoms with Crippen LogP contribution in [0.5, 0.6) is 0 Å². The van der Waals surface area contributed by atoms with E-state index >= 15 is 0 Å². The first-order valence-corrected chi connectivity index (χ1v) is 14.3. The molecule has 0 fully saturated rings. The summed E-state index contributed by atoms with van der Waals surface area (Å²) in [4.78, 5) is 67.1. The van der Waals surface area contributed by atoms with Crippen LogP contribution < -0.4 is 21.4 Å². The second-order valence-electron chi connectivity index (χ2n) is 8.89. The summed E-state index contributed by atoms with van der Waals surface area (Å²) in [7, 11) is -4.37. The van der Waals surface area contributed by atoms with Crippen molar-refractivity contribution in [3.63, 3.8) is 0 Å². The van der Waals surface area contributed by atoms with Crippen molar-refractivity contribution in [3.8, 4) is 11.3 Å². The molecule has 7 N–H and O–H groups in total. The number of rotatable bonds is 15. The van der Waals surface area contributed by atoms with Gasteiger partial charge in [0.25, 0.3) is 11.8 Å². The standard InChI is InChI=1S/C25H35N4O9P/c1-3-5-6-7-19(18(4-2)24(32)29-34)23(31)26-14-27-25(33)21-13-12-20(38-21)16-8-10-17(11-9-16)22(30)28-15-39(35,36)37/h8-13,18-19,34H,3-7,14-15H2,1-2H3,(H,26,31)(H,27,33)(H,28,30)(H,29,32)(H2,35,36,37)/t18-,19-/m1/s1. The highest BCUT2D eigenvalue weighted by Gasteiger charge is 2.32. The van der Waals surface area contributed by atoms with Gasteiger partial charge in [-0.1, -0.05) is 45.2 Å². The second-order valence-corrected chi connectivity index (χ2v) is 10.5. The summed E-state index contributed by atoms with van der Waals surface area (Å²) < 4.78 is 16.5. The van der Waals surface area contributed by atoms with Gasteiger partial charge in [0.2, 0.25) is 11.8 Å². The first kappa shape index (κ1) is 31.7. The number of carbonyl (C=O) groups excluding carboxylic acids is 4. The van der Waals surface area contributed by atoms with E-state index in [2.05, 4.69) is 16.0 Å². The molecule has 0 bridgehead atoms. The van der Waals surface area contributed by atoms with Crippen LogP contribution >= 0.6 is 7.60 Å². The van der Waals surface area contributed by atoms with E-state index in [1.54, 1.807) is 30.6 Å². The highest BCUT2D eigenvalue weighted by molar-refractivity contribution is 7.51. The Morgan fingerprint density at radius 2 is 1.56 bits per heavy atom. The van der Waals surface area contributed by atoms with Crippen molar-refractivity contribution in [1.29, 1.82) is 0 Å². The molecule has 0 aliphatic carbocycles. The summed E-state index contributed by atoms with van der Waals surface area (Å²) in [5.74, 6) is -3.33. The quantitative estimate of drug-likeness (QED) is 0.0554. The normalized spacial score (nSPS) is 12.7. The maximum atomic E-state index is 12.8. The molecule has 0 saturated carbocycles. The van der Waals surface area contributed by atoms with Crippen LogP contribution in [0.15, 0.2) is 40.8 Å². The van der Waals surface area contributed by atoms with Crippen LogP contribution in [0, 0.1) is 11.8 Å². The molecule has 0 aliphatic heterocycles. The number of benzene rings is 1. The second kappa shape index (κ2) is 15.2. The third-order valence-corrected chi connectivity index (χ3v) is 6.62. The lowest BCUT2D eigenvalue weighted by atomic mass is 9.84. The van der Waals surface area contributed by atoms with Crippen LogP contribution in [0.25, 0.3) is 11.3 Å². The van der Waals surface area contributed by atoms with Gasteiger partial charge in [0.1, 0.15) is 12.0 Å². The van der Waals surface area contributed by atoms with Gasteiger partial charge in [0.05, 0.1) is 12.6 Å². The maximum absolute atomic E-state index is 12.8.